The van der Waals surface area contributed by atoms with Crippen molar-refractivity contribution in [1.82, 2.24) is 4.90 Å². The highest BCUT2D eigenvalue weighted by Crippen LogP contribution is 2.20. The van der Waals surface area contributed by atoms with Crippen LogP contribution in [0.1, 0.15) is 23.2 Å². The monoisotopic (exact) mass is 373 g/mol. The molecule has 1 amide bonds. The second kappa shape index (κ2) is 6.36. The van der Waals surface area contributed by atoms with E-state index < -0.39 is 0 Å². The fourth-order valence-electron chi connectivity index (χ4n) is 2.32. The first-order valence-corrected chi connectivity index (χ1v) is 7.32. The minimum absolute atomic E-state index is 0.00730. The number of benzene rings is 1. The van der Waals surface area contributed by atoms with Gasteiger partial charge in [0.2, 0.25) is 0 Å². The topological polar surface area (TPSA) is 46.6 Å². The van der Waals surface area contributed by atoms with Gasteiger partial charge in [-0.1, -0.05) is 6.07 Å². The van der Waals surface area contributed by atoms with Crippen molar-refractivity contribution < 1.29 is 14.3 Å². The first kappa shape index (κ1) is 14.3. The summed E-state index contributed by atoms with van der Waals surface area (Å²) in [6, 6.07) is 7.50. The lowest BCUT2D eigenvalue weighted by Crippen LogP contribution is -2.42. The zero-order chi connectivity index (χ0) is 13.8. The number of likely N-dealkylation sites (tertiary alicyclic amines) is 1. The fraction of sp³-hybridized carbons (Fsp3) is 0.429. The molecule has 1 aromatic rings. The molecule has 0 N–H and O–H groups in total. The Balaban J connectivity index is 2.09. The number of carbonyl (C=O) groups is 2. The molecule has 1 aromatic carbocycles. The quantitative estimate of drug-likeness (QED) is 0.591. The molecular weight excluding hydrogens is 357 g/mol. The summed E-state index contributed by atoms with van der Waals surface area (Å²) in [5.74, 6) is -0.419. The molecule has 5 heteroatoms. The van der Waals surface area contributed by atoms with Gasteiger partial charge in [0.1, 0.15) is 0 Å². The Labute approximate surface area is 126 Å². The first-order chi connectivity index (χ1) is 9.11. The van der Waals surface area contributed by atoms with Crippen LogP contribution in [0, 0.1) is 9.49 Å². The van der Waals surface area contributed by atoms with Crippen molar-refractivity contribution in [2.75, 3.05) is 20.2 Å². The third kappa shape index (κ3) is 3.46. The van der Waals surface area contributed by atoms with Gasteiger partial charge in [-0.25, -0.2) is 0 Å². The smallest absolute Gasteiger partial charge is 0.310 e. The minimum Gasteiger partial charge on any atom is -0.469 e. The predicted octanol–water partition coefficient (Wildman–Crippen LogP) is 2.32. The molecule has 0 saturated carbocycles. The van der Waals surface area contributed by atoms with Gasteiger partial charge in [0, 0.05) is 22.2 Å². The molecule has 1 saturated heterocycles. The SMILES string of the molecule is COC(=O)C1CCCN(C(=O)c2cccc(I)c2)C1. The van der Waals surface area contributed by atoms with E-state index in [1.165, 1.54) is 7.11 Å². The highest BCUT2D eigenvalue weighted by Gasteiger charge is 2.29. The highest BCUT2D eigenvalue weighted by atomic mass is 127. The van der Waals surface area contributed by atoms with Crippen molar-refractivity contribution in [2.45, 2.75) is 12.8 Å². The van der Waals surface area contributed by atoms with Gasteiger partial charge in [0.05, 0.1) is 13.0 Å². The van der Waals surface area contributed by atoms with Crippen LogP contribution in [-0.2, 0) is 9.53 Å². The molecule has 0 aromatic heterocycles. The third-order valence-electron chi connectivity index (χ3n) is 3.31. The molecule has 2 rings (SSSR count). The Morgan fingerprint density at radius 1 is 1.42 bits per heavy atom. The fourth-order valence-corrected chi connectivity index (χ4v) is 2.87. The number of piperidine rings is 1. The molecule has 1 aliphatic rings. The zero-order valence-corrected chi connectivity index (χ0v) is 12.9. The molecule has 19 heavy (non-hydrogen) atoms. The van der Waals surface area contributed by atoms with E-state index in [0.717, 1.165) is 16.4 Å². The number of ether oxygens (including phenoxy) is 1. The number of methoxy groups -OCH3 is 1. The first-order valence-electron chi connectivity index (χ1n) is 6.24. The number of hydrogen-bond acceptors (Lipinski definition) is 3. The number of rotatable bonds is 2. The standard InChI is InChI=1S/C14H16INO3/c1-19-14(18)11-5-3-7-16(9-11)13(17)10-4-2-6-12(15)8-10/h2,4,6,8,11H,3,5,7,9H2,1H3. The van der Waals surface area contributed by atoms with Crippen LogP contribution >= 0.6 is 22.6 Å². The number of esters is 1. The summed E-state index contributed by atoms with van der Waals surface area (Å²) in [7, 11) is 1.39. The lowest BCUT2D eigenvalue weighted by molar-refractivity contribution is -0.146. The summed E-state index contributed by atoms with van der Waals surface area (Å²) >= 11 is 2.19. The van der Waals surface area contributed by atoms with Crippen molar-refractivity contribution in [1.29, 1.82) is 0 Å². The van der Waals surface area contributed by atoms with Crippen molar-refractivity contribution in [2.24, 2.45) is 5.92 Å². The summed E-state index contributed by atoms with van der Waals surface area (Å²) in [5, 5.41) is 0. The summed E-state index contributed by atoms with van der Waals surface area (Å²) in [4.78, 5) is 25.7. The molecule has 0 radical (unpaired) electrons. The number of halogens is 1. The minimum atomic E-state index is -0.222. The van der Waals surface area contributed by atoms with Gasteiger partial charge >= 0.3 is 5.97 Å². The molecule has 1 unspecified atom stereocenters. The number of amides is 1. The maximum absolute atomic E-state index is 12.4. The summed E-state index contributed by atoms with van der Waals surface area (Å²) in [5.41, 5.74) is 0.678. The highest BCUT2D eigenvalue weighted by molar-refractivity contribution is 14.1. The van der Waals surface area contributed by atoms with E-state index in [1.54, 1.807) is 4.90 Å². The molecule has 4 nitrogen and oxygen atoms in total. The van der Waals surface area contributed by atoms with Gasteiger partial charge in [0.25, 0.3) is 5.91 Å². The van der Waals surface area contributed by atoms with Crippen LogP contribution in [0.3, 0.4) is 0 Å². The number of nitrogens with zero attached hydrogens (tertiary/aromatic N) is 1. The Bertz CT molecular complexity index is 489. The lowest BCUT2D eigenvalue weighted by atomic mass is 9.97. The Hall–Kier alpha value is -1.11. The molecule has 1 fully saturated rings. The summed E-state index contributed by atoms with van der Waals surface area (Å²) < 4.78 is 5.80. The lowest BCUT2D eigenvalue weighted by Gasteiger charge is -2.31. The average Bonchev–Trinajstić information content (AvgIpc) is 2.45. The van der Waals surface area contributed by atoms with E-state index in [2.05, 4.69) is 22.6 Å². The van der Waals surface area contributed by atoms with E-state index in [9.17, 15) is 9.59 Å². The van der Waals surface area contributed by atoms with Crippen LogP contribution in [0.2, 0.25) is 0 Å². The Morgan fingerprint density at radius 3 is 2.89 bits per heavy atom. The van der Waals surface area contributed by atoms with Crippen molar-refractivity contribution in [3.63, 3.8) is 0 Å². The molecular formula is C14H16INO3. The normalized spacial score (nSPS) is 19.1. The molecule has 1 aliphatic heterocycles. The second-order valence-electron chi connectivity index (χ2n) is 4.62. The largest absolute Gasteiger partial charge is 0.469 e. The molecule has 0 spiro atoms. The van der Waals surface area contributed by atoms with Gasteiger partial charge in [-0.3, -0.25) is 9.59 Å². The Morgan fingerprint density at radius 2 is 2.21 bits per heavy atom. The predicted molar refractivity (Wildman–Crippen MR) is 79.8 cm³/mol. The van der Waals surface area contributed by atoms with Crippen molar-refractivity contribution >= 4 is 34.5 Å². The number of hydrogen-bond donors (Lipinski definition) is 0. The summed E-state index contributed by atoms with van der Waals surface area (Å²) in [6.45, 7) is 1.16. The Kier molecular flexibility index (Phi) is 4.79. The third-order valence-corrected chi connectivity index (χ3v) is 3.99. The van der Waals surface area contributed by atoms with Crippen LogP contribution < -0.4 is 0 Å². The van der Waals surface area contributed by atoms with Gasteiger partial charge in [-0.05, 0) is 53.6 Å². The van der Waals surface area contributed by atoms with Crippen LogP contribution in [0.25, 0.3) is 0 Å². The van der Waals surface area contributed by atoms with Crippen molar-refractivity contribution in [3.05, 3.63) is 33.4 Å². The second-order valence-corrected chi connectivity index (χ2v) is 5.87. The van der Waals surface area contributed by atoms with Gasteiger partial charge in [0.15, 0.2) is 0 Å². The van der Waals surface area contributed by atoms with E-state index in [4.69, 9.17) is 4.74 Å². The molecule has 1 heterocycles. The zero-order valence-electron chi connectivity index (χ0n) is 10.8. The van der Waals surface area contributed by atoms with Gasteiger partial charge in [-0.15, -0.1) is 0 Å². The van der Waals surface area contributed by atoms with E-state index in [-0.39, 0.29) is 17.8 Å². The molecule has 0 aliphatic carbocycles. The van der Waals surface area contributed by atoms with E-state index in [1.807, 2.05) is 24.3 Å². The van der Waals surface area contributed by atoms with E-state index >= 15 is 0 Å². The maximum Gasteiger partial charge on any atom is 0.310 e. The van der Waals surface area contributed by atoms with Crippen molar-refractivity contribution in [3.8, 4) is 0 Å². The summed E-state index contributed by atoms with van der Waals surface area (Å²) in [6.07, 6.45) is 1.64. The molecule has 0 bridgehead atoms. The van der Waals surface area contributed by atoms with Crippen LogP contribution in [0.4, 0.5) is 0 Å². The maximum atomic E-state index is 12.4. The van der Waals surface area contributed by atoms with Gasteiger partial charge in [-0.2, -0.15) is 0 Å². The van der Waals surface area contributed by atoms with E-state index in [0.29, 0.717) is 18.7 Å². The molecule has 1 atom stereocenters. The average molecular weight is 373 g/mol. The number of carbonyl (C=O) groups excluding carboxylic acids is 2. The van der Waals surface area contributed by atoms with Crippen LogP contribution in [-0.4, -0.2) is 37.0 Å². The molecule has 102 valence electrons. The van der Waals surface area contributed by atoms with Crippen LogP contribution in [0.5, 0.6) is 0 Å². The van der Waals surface area contributed by atoms with Gasteiger partial charge < -0.3 is 9.64 Å². The van der Waals surface area contributed by atoms with Crippen LogP contribution in [0.15, 0.2) is 24.3 Å².